The van der Waals surface area contributed by atoms with Crippen molar-refractivity contribution >= 4 is 0 Å². The summed E-state index contributed by atoms with van der Waals surface area (Å²) in [6.07, 6.45) is 0.647. The van der Waals surface area contributed by atoms with Gasteiger partial charge >= 0.3 is 0 Å². The fourth-order valence-corrected chi connectivity index (χ4v) is 1.85. The number of hydrogen-bond acceptors (Lipinski definition) is 2. The standard InChI is InChI=1S/C15H24O2/c1-10(2)6-7-17-15-11(3)8-14(13(5)16)9-12(15)4/h8-10,13,16H,6-7H2,1-5H3/t13-/m1/s1. The van der Waals surface area contributed by atoms with Crippen LogP contribution in [0.4, 0.5) is 0 Å². The van der Waals surface area contributed by atoms with Crippen LogP contribution in [-0.4, -0.2) is 11.7 Å². The molecule has 17 heavy (non-hydrogen) atoms. The third kappa shape index (κ3) is 4.04. The Morgan fingerprint density at radius 2 is 1.65 bits per heavy atom. The van der Waals surface area contributed by atoms with Gasteiger partial charge in [0.05, 0.1) is 12.7 Å². The van der Waals surface area contributed by atoms with Gasteiger partial charge in [0.25, 0.3) is 0 Å². The molecule has 1 aromatic carbocycles. The van der Waals surface area contributed by atoms with Crippen LogP contribution >= 0.6 is 0 Å². The van der Waals surface area contributed by atoms with Crippen LogP contribution in [0.25, 0.3) is 0 Å². The number of benzene rings is 1. The summed E-state index contributed by atoms with van der Waals surface area (Å²) in [4.78, 5) is 0. The molecule has 2 nitrogen and oxygen atoms in total. The predicted octanol–water partition coefficient (Wildman–Crippen LogP) is 3.78. The molecule has 0 heterocycles. The molecule has 0 amide bonds. The molecule has 0 saturated carbocycles. The first kappa shape index (κ1) is 14.0. The van der Waals surface area contributed by atoms with Gasteiger partial charge in [-0.15, -0.1) is 0 Å². The van der Waals surface area contributed by atoms with Gasteiger partial charge in [-0.1, -0.05) is 13.8 Å². The number of ether oxygens (including phenoxy) is 1. The van der Waals surface area contributed by atoms with Gasteiger partial charge in [0.15, 0.2) is 0 Å². The Morgan fingerprint density at radius 3 is 2.06 bits per heavy atom. The van der Waals surface area contributed by atoms with E-state index in [1.54, 1.807) is 6.92 Å². The molecule has 0 aliphatic rings. The van der Waals surface area contributed by atoms with Crippen LogP contribution < -0.4 is 4.74 Å². The minimum Gasteiger partial charge on any atom is -0.493 e. The minimum atomic E-state index is -0.419. The molecule has 0 saturated heterocycles. The lowest BCUT2D eigenvalue weighted by atomic mass is 10.0. The van der Waals surface area contributed by atoms with E-state index < -0.39 is 6.10 Å². The van der Waals surface area contributed by atoms with Crippen molar-refractivity contribution in [1.82, 2.24) is 0 Å². The van der Waals surface area contributed by atoms with Gasteiger partial charge in [-0.2, -0.15) is 0 Å². The number of rotatable bonds is 5. The van der Waals surface area contributed by atoms with Gasteiger partial charge in [-0.25, -0.2) is 0 Å². The average molecular weight is 236 g/mol. The second-order valence-electron chi connectivity index (χ2n) is 5.19. The molecule has 0 fully saturated rings. The van der Waals surface area contributed by atoms with Gasteiger partial charge in [-0.05, 0) is 61.9 Å². The highest BCUT2D eigenvalue weighted by atomic mass is 16.5. The summed E-state index contributed by atoms with van der Waals surface area (Å²) in [6.45, 7) is 11.0. The van der Waals surface area contributed by atoms with Crippen molar-refractivity contribution in [2.75, 3.05) is 6.61 Å². The third-order valence-corrected chi connectivity index (χ3v) is 2.91. The number of hydrogen-bond donors (Lipinski definition) is 1. The molecule has 1 rings (SSSR count). The molecule has 1 aromatic rings. The Labute approximate surface area is 105 Å². The van der Waals surface area contributed by atoms with Crippen LogP contribution in [0.1, 0.15) is 50.0 Å². The topological polar surface area (TPSA) is 29.5 Å². The van der Waals surface area contributed by atoms with Crippen LogP contribution in [-0.2, 0) is 0 Å². The van der Waals surface area contributed by atoms with Crippen molar-refractivity contribution < 1.29 is 9.84 Å². The third-order valence-electron chi connectivity index (χ3n) is 2.91. The van der Waals surface area contributed by atoms with E-state index in [4.69, 9.17) is 4.74 Å². The second kappa shape index (κ2) is 6.06. The van der Waals surface area contributed by atoms with Crippen LogP contribution in [0.3, 0.4) is 0 Å². The molecule has 0 aliphatic heterocycles. The highest BCUT2D eigenvalue weighted by Crippen LogP contribution is 2.27. The van der Waals surface area contributed by atoms with E-state index in [1.165, 1.54) is 0 Å². The lowest BCUT2D eigenvalue weighted by Gasteiger charge is -2.15. The summed E-state index contributed by atoms with van der Waals surface area (Å²) in [6, 6.07) is 4.00. The molecular formula is C15H24O2. The SMILES string of the molecule is Cc1cc([C@@H](C)O)cc(C)c1OCCC(C)C. The van der Waals surface area contributed by atoms with Gasteiger partial charge in [0, 0.05) is 0 Å². The van der Waals surface area contributed by atoms with Gasteiger partial charge in [0.2, 0.25) is 0 Å². The Morgan fingerprint density at radius 1 is 1.12 bits per heavy atom. The molecule has 0 spiro atoms. The van der Waals surface area contributed by atoms with Crippen LogP contribution in [0.15, 0.2) is 12.1 Å². The van der Waals surface area contributed by atoms with Gasteiger partial charge in [-0.3, -0.25) is 0 Å². The van der Waals surface area contributed by atoms with E-state index in [-0.39, 0.29) is 0 Å². The maximum atomic E-state index is 9.57. The number of aryl methyl sites for hydroxylation is 2. The molecule has 1 atom stereocenters. The summed E-state index contributed by atoms with van der Waals surface area (Å²) in [5.74, 6) is 1.63. The zero-order valence-electron chi connectivity index (χ0n) is 11.6. The lowest BCUT2D eigenvalue weighted by molar-refractivity contribution is 0.199. The first-order valence-corrected chi connectivity index (χ1v) is 6.33. The van der Waals surface area contributed by atoms with E-state index in [9.17, 15) is 5.11 Å². The van der Waals surface area contributed by atoms with Crippen molar-refractivity contribution in [3.63, 3.8) is 0 Å². The molecule has 96 valence electrons. The molecule has 1 N–H and O–H groups in total. The van der Waals surface area contributed by atoms with Crippen LogP contribution in [0, 0.1) is 19.8 Å². The first-order chi connectivity index (χ1) is 7.91. The Bertz CT molecular complexity index is 344. The van der Waals surface area contributed by atoms with Crippen molar-refractivity contribution in [2.45, 2.75) is 47.1 Å². The fourth-order valence-electron chi connectivity index (χ4n) is 1.85. The molecular weight excluding hydrogens is 212 g/mol. The lowest BCUT2D eigenvalue weighted by Crippen LogP contribution is -2.05. The van der Waals surface area contributed by atoms with Crippen molar-refractivity contribution in [2.24, 2.45) is 5.92 Å². The van der Waals surface area contributed by atoms with Gasteiger partial charge in [0.1, 0.15) is 5.75 Å². The van der Waals surface area contributed by atoms with Crippen molar-refractivity contribution in [3.05, 3.63) is 28.8 Å². The average Bonchev–Trinajstić information content (AvgIpc) is 2.21. The minimum absolute atomic E-state index is 0.419. The van der Waals surface area contributed by atoms with Crippen LogP contribution in [0.5, 0.6) is 5.75 Å². The summed E-state index contributed by atoms with van der Waals surface area (Å²) in [7, 11) is 0. The zero-order valence-corrected chi connectivity index (χ0v) is 11.6. The maximum absolute atomic E-state index is 9.57. The van der Waals surface area contributed by atoms with E-state index in [1.807, 2.05) is 26.0 Å². The van der Waals surface area contributed by atoms with E-state index >= 15 is 0 Å². The first-order valence-electron chi connectivity index (χ1n) is 6.33. The normalized spacial score (nSPS) is 12.9. The van der Waals surface area contributed by atoms with E-state index in [0.29, 0.717) is 5.92 Å². The molecule has 0 unspecified atom stereocenters. The quantitative estimate of drug-likeness (QED) is 0.843. The van der Waals surface area contributed by atoms with Gasteiger partial charge < -0.3 is 9.84 Å². The monoisotopic (exact) mass is 236 g/mol. The molecule has 0 aliphatic carbocycles. The maximum Gasteiger partial charge on any atom is 0.125 e. The number of aliphatic hydroxyl groups excluding tert-OH is 1. The van der Waals surface area contributed by atoms with Crippen LogP contribution in [0.2, 0.25) is 0 Å². The zero-order chi connectivity index (χ0) is 13.0. The highest BCUT2D eigenvalue weighted by molar-refractivity contribution is 5.43. The fraction of sp³-hybridized carbons (Fsp3) is 0.600. The Hall–Kier alpha value is -1.02. The Balaban J connectivity index is 2.79. The number of aliphatic hydroxyl groups is 1. The molecule has 0 bridgehead atoms. The summed E-state index contributed by atoms with van der Waals surface area (Å²) >= 11 is 0. The molecule has 2 heteroatoms. The molecule has 0 aromatic heterocycles. The summed E-state index contributed by atoms with van der Waals surface area (Å²) < 4.78 is 5.83. The largest absolute Gasteiger partial charge is 0.493 e. The second-order valence-corrected chi connectivity index (χ2v) is 5.19. The highest BCUT2D eigenvalue weighted by Gasteiger charge is 2.09. The van der Waals surface area contributed by atoms with E-state index in [0.717, 1.165) is 35.5 Å². The van der Waals surface area contributed by atoms with Crippen molar-refractivity contribution in [1.29, 1.82) is 0 Å². The predicted molar refractivity (Wildman–Crippen MR) is 71.5 cm³/mol. The summed E-state index contributed by atoms with van der Waals surface area (Å²) in [5, 5.41) is 9.57. The molecule has 0 radical (unpaired) electrons. The smallest absolute Gasteiger partial charge is 0.125 e. The van der Waals surface area contributed by atoms with E-state index in [2.05, 4.69) is 13.8 Å². The Kier molecular flexibility index (Phi) is 5.01. The van der Waals surface area contributed by atoms with Crippen molar-refractivity contribution in [3.8, 4) is 5.75 Å². The summed E-state index contributed by atoms with van der Waals surface area (Å²) in [5.41, 5.74) is 3.16.